The number of fused-ring (bicyclic) bond motifs is 1. The van der Waals surface area contributed by atoms with Crippen LogP contribution in [0.3, 0.4) is 0 Å². The number of hydrogen-bond acceptors (Lipinski definition) is 3. The molecular formula is C23H27N3O3. The summed E-state index contributed by atoms with van der Waals surface area (Å²) in [6, 6.07) is 16.8. The number of para-hydroxylation sites is 2. The predicted molar refractivity (Wildman–Crippen MR) is 114 cm³/mol. The van der Waals surface area contributed by atoms with Crippen LogP contribution in [0.5, 0.6) is 5.75 Å². The highest BCUT2D eigenvalue weighted by Gasteiger charge is 2.13. The van der Waals surface area contributed by atoms with Crippen molar-refractivity contribution < 1.29 is 14.3 Å². The van der Waals surface area contributed by atoms with Crippen LogP contribution in [0, 0.1) is 0 Å². The number of unbranched alkanes of at least 4 members (excludes halogenated alkanes) is 3. The van der Waals surface area contributed by atoms with Crippen molar-refractivity contribution in [3.8, 4) is 5.75 Å². The first-order valence-electron chi connectivity index (χ1n) is 10.0. The number of nitrogens with zero attached hydrogens (tertiary/aromatic N) is 1. The summed E-state index contributed by atoms with van der Waals surface area (Å²) in [6.07, 6.45) is 6.25. The summed E-state index contributed by atoms with van der Waals surface area (Å²) in [6.45, 7) is 2.84. The Kier molecular flexibility index (Phi) is 7.28. The minimum absolute atomic E-state index is 0.114. The molecule has 0 aliphatic heterocycles. The largest absolute Gasteiger partial charge is 0.493 e. The molecule has 1 heterocycles. The normalized spacial score (nSPS) is 10.7. The van der Waals surface area contributed by atoms with Gasteiger partial charge in [-0.1, -0.05) is 56.5 Å². The van der Waals surface area contributed by atoms with Crippen LogP contribution >= 0.6 is 0 Å². The van der Waals surface area contributed by atoms with E-state index in [0.29, 0.717) is 17.9 Å². The summed E-state index contributed by atoms with van der Waals surface area (Å²) in [4.78, 5) is 24.8. The van der Waals surface area contributed by atoms with Crippen molar-refractivity contribution in [2.45, 2.75) is 39.2 Å². The molecule has 0 fully saturated rings. The van der Waals surface area contributed by atoms with E-state index in [1.54, 1.807) is 18.2 Å². The SMILES string of the molecule is CCCCCCOc1ccccc1C(=O)NNC(=O)Cn1ccc2ccccc21. The van der Waals surface area contributed by atoms with Crippen LogP contribution < -0.4 is 15.6 Å². The molecule has 2 amide bonds. The van der Waals surface area contributed by atoms with Gasteiger partial charge in [-0.2, -0.15) is 0 Å². The molecule has 0 unspecified atom stereocenters. The number of amides is 2. The average molecular weight is 393 g/mol. The molecule has 1 aromatic heterocycles. The highest BCUT2D eigenvalue weighted by Crippen LogP contribution is 2.18. The Hall–Kier alpha value is -3.28. The maximum Gasteiger partial charge on any atom is 0.273 e. The van der Waals surface area contributed by atoms with E-state index in [-0.39, 0.29) is 12.5 Å². The van der Waals surface area contributed by atoms with Gasteiger partial charge in [0.15, 0.2) is 0 Å². The Morgan fingerprint density at radius 3 is 2.59 bits per heavy atom. The second-order valence-corrected chi connectivity index (χ2v) is 6.91. The van der Waals surface area contributed by atoms with E-state index >= 15 is 0 Å². The zero-order valence-corrected chi connectivity index (χ0v) is 16.7. The molecule has 152 valence electrons. The van der Waals surface area contributed by atoms with Gasteiger partial charge in [0.25, 0.3) is 11.8 Å². The van der Waals surface area contributed by atoms with Gasteiger partial charge in [-0.25, -0.2) is 0 Å². The summed E-state index contributed by atoms with van der Waals surface area (Å²) in [5.41, 5.74) is 6.32. The molecule has 0 radical (unpaired) electrons. The number of ether oxygens (including phenoxy) is 1. The smallest absolute Gasteiger partial charge is 0.273 e. The highest BCUT2D eigenvalue weighted by atomic mass is 16.5. The fraction of sp³-hybridized carbons (Fsp3) is 0.304. The zero-order chi connectivity index (χ0) is 20.5. The second kappa shape index (κ2) is 10.3. The van der Waals surface area contributed by atoms with Crippen LogP contribution in [0.1, 0.15) is 43.0 Å². The molecule has 0 saturated carbocycles. The predicted octanol–water partition coefficient (Wildman–Crippen LogP) is 4.06. The third-order valence-corrected chi connectivity index (χ3v) is 4.70. The molecule has 3 rings (SSSR count). The van der Waals surface area contributed by atoms with E-state index in [4.69, 9.17) is 4.74 Å². The first kappa shape index (κ1) is 20.5. The van der Waals surface area contributed by atoms with Gasteiger partial charge in [0.05, 0.1) is 12.2 Å². The number of carbonyl (C=O) groups is 2. The number of hydrogen-bond donors (Lipinski definition) is 2. The molecule has 6 heteroatoms. The van der Waals surface area contributed by atoms with Crippen LogP contribution in [-0.2, 0) is 11.3 Å². The molecule has 3 aromatic rings. The molecule has 0 aliphatic carbocycles. The van der Waals surface area contributed by atoms with Gasteiger partial charge in [-0.05, 0) is 36.1 Å². The van der Waals surface area contributed by atoms with Crippen LogP contribution in [0.25, 0.3) is 10.9 Å². The fourth-order valence-electron chi connectivity index (χ4n) is 3.16. The molecule has 0 bridgehead atoms. The van der Waals surface area contributed by atoms with Crippen molar-refractivity contribution in [1.29, 1.82) is 0 Å². The van der Waals surface area contributed by atoms with Crippen LogP contribution in [-0.4, -0.2) is 23.0 Å². The van der Waals surface area contributed by atoms with Gasteiger partial charge >= 0.3 is 0 Å². The highest BCUT2D eigenvalue weighted by molar-refractivity contribution is 5.97. The monoisotopic (exact) mass is 393 g/mol. The van der Waals surface area contributed by atoms with Crippen molar-refractivity contribution in [2.75, 3.05) is 6.61 Å². The lowest BCUT2D eigenvalue weighted by molar-refractivity contribution is -0.122. The molecule has 0 atom stereocenters. The Morgan fingerprint density at radius 2 is 1.72 bits per heavy atom. The van der Waals surface area contributed by atoms with E-state index in [9.17, 15) is 9.59 Å². The van der Waals surface area contributed by atoms with E-state index < -0.39 is 5.91 Å². The minimum atomic E-state index is -0.403. The standard InChI is InChI=1S/C23H27N3O3/c1-2-3-4-9-16-29-21-13-8-6-11-19(21)23(28)25-24-22(27)17-26-15-14-18-10-5-7-12-20(18)26/h5-8,10-15H,2-4,9,16-17H2,1H3,(H,24,27)(H,25,28). The van der Waals surface area contributed by atoms with Crippen LogP contribution in [0.4, 0.5) is 0 Å². The van der Waals surface area contributed by atoms with Gasteiger partial charge in [-0.15, -0.1) is 0 Å². The topological polar surface area (TPSA) is 72.4 Å². The van der Waals surface area contributed by atoms with Gasteiger partial charge in [-0.3, -0.25) is 20.4 Å². The average Bonchev–Trinajstić information content (AvgIpc) is 3.15. The number of benzene rings is 2. The zero-order valence-electron chi connectivity index (χ0n) is 16.7. The first-order valence-corrected chi connectivity index (χ1v) is 10.0. The Labute approximate surface area is 170 Å². The van der Waals surface area contributed by atoms with E-state index in [1.165, 1.54) is 6.42 Å². The maximum atomic E-state index is 12.5. The van der Waals surface area contributed by atoms with Crippen molar-refractivity contribution in [2.24, 2.45) is 0 Å². The first-order chi connectivity index (χ1) is 14.2. The Bertz CT molecular complexity index is 965. The Morgan fingerprint density at radius 1 is 0.931 bits per heavy atom. The molecule has 2 N–H and O–H groups in total. The molecule has 6 nitrogen and oxygen atoms in total. The van der Waals surface area contributed by atoms with Gasteiger partial charge in [0.2, 0.25) is 0 Å². The fourth-order valence-corrected chi connectivity index (χ4v) is 3.16. The second-order valence-electron chi connectivity index (χ2n) is 6.91. The van der Waals surface area contributed by atoms with E-state index in [2.05, 4.69) is 17.8 Å². The quantitative estimate of drug-likeness (QED) is 0.425. The minimum Gasteiger partial charge on any atom is -0.493 e. The lowest BCUT2D eigenvalue weighted by Gasteiger charge is -2.12. The molecule has 0 saturated heterocycles. The number of rotatable bonds is 9. The van der Waals surface area contributed by atoms with Gasteiger partial charge < -0.3 is 9.30 Å². The van der Waals surface area contributed by atoms with Crippen LogP contribution in [0.15, 0.2) is 60.8 Å². The molecule has 2 aromatic carbocycles. The maximum absolute atomic E-state index is 12.5. The summed E-state index contributed by atoms with van der Waals surface area (Å²) < 4.78 is 7.60. The van der Waals surface area contributed by atoms with Crippen molar-refractivity contribution in [1.82, 2.24) is 15.4 Å². The number of nitrogens with one attached hydrogen (secondary N) is 2. The van der Waals surface area contributed by atoms with Crippen molar-refractivity contribution >= 4 is 22.7 Å². The summed E-state index contributed by atoms with van der Waals surface area (Å²) in [5, 5.41) is 1.06. The van der Waals surface area contributed by atoms with E-state index in [0.717, 1.165) is 30.2 Å². The number of hydrazine groups is 1. The molecule has 0 aliphatic rings. The van der Waals surface area contributed by atoms with Gasteiger partial charge in [0.1, 0.15) is 12.3 Å². The number of carbonyl (C=O) groups excluding carboxylic acids is 2. The van der Waals surface area contributed by atoms with Crippen molar-refractivity contribution in [3.63, 3.8) is 0 Å². The molecule has 0 spiro atoms. The summed E-state index contributed by atoms with van der Waals surface area (Å²) >= 11 is 0. The Balaban J connectivity index is 1.53. The lowest BCUT2D eigenvalue weighted by atomic mass is 10.2. The third-order valence-electron chi connectivity index (χ3n) is 4.70. The summed E-state index contributed by atoms with van der Waals surface area (Å²) in [7, 11) is 0. The molecule has 29 heavy (non-hydrogen) atoms. The summed E-state index contributed by atoms with van der Waals surface area (Å²) in [5.74, 6) is -0.190. The van der Waals surface area contributed by atoms with E-state index in [1.807, 2.05) is 47.2 Å². The van der Waals surface area contributed by atoms with Gasteiger partial charge in [0, 0.05) is 11.7 Å². The molecular weight excluding hydrogens is 366 g/mol. The third kappa shape index (κ3) is 5.60. The lowest BCUT2D eigenvalue weighted by Crippen LogP contribution is -2.43. The van der Waals surface area contributed by atoms with Crippen molar-refractivity contribution in [3.05, 3.63) is 66.4 Å². The van der Waals surface area contributed by atoms with Crippen LogP contribution in [0.2, 0.25) is 0 Å². The number of aromatic nitrogens is 1.